The van der Waals surface area contributed by atoms with Gasteiger partial charge in [-0.1, -0.05) is 40.2 Å². The largest absolute Gasteiger partial charge is 0.324 e. The van der Waals surface area contributed by atoms with Gasteiger partial charge >= 0.3 is 0 Å². The molecule has 1 aromatic heterocycles. The minimum atomic E-state index is -0.322. The highest BCUT2D eigenvalue weighted by atomic mass is 79.9. The summed E-state index contributed by atoms with van der Waals surface area (Å²) in [6, 6.07) is 21.3. The Hall–Kier alpha value is -3.45. The van der Waals surface area contributed by atoms with Crippen LogP contribution in [0.5, 0.6) is 0 Å². The average molecular weight is 435 g/mol. The highest BCUT2D eigenvalue weighted by molar-refractivity contribution is 9.10. The number of hydrogen-bond donors (Lipinski definition) is 3. The number of nitrogens with one attached hydrogen (secondary N) is 3. The zero-order chi connectivity index (χ0) is 19.5. The van der Waals surface area contributed by atoms with Crippen molar-refractivity contribution in [2.24, 2.45) is 0 Å². The molecule has 3 aromatic carbocycles. The summed E-state index contributed by atoms with van der Waals surface area (Å²) in [6.07, 6.45) is 0. The van der Waals surface area contributed by atoms with Gasteiger partial charge in [-0.25, -0.2) is 4.98 Å². The van der Waals surface area contributed by atoms with E-state index < -0.39 is 0 Å². The standard InChI is InChI=1S/C21H15BrN4O2/c22-15-7-3-5-13(11-15)19(27)23-16-8-4-6-14(12-16)20(28)26-21-24-17-9-1-2-10-18(17)25-21/h1-12H,(H,23,27)(H2,24,25,26,28). The monoisotopic (exact) mass is 434 g/mol. The van der Waals surface area contributed by atoms with Crippen molar-refractivity contribution in [2.75, 3.05) is 10.6 Å². The van der Waals surface area contributed by atoms with Gasteiger partial charge in [0.2, 0.25) is 5.95 Å². The molecule has 2 amide bonds. The molecule has 0 aliphatic carbocycles. The summed E-state index contributed by atoms with van der Waals surface area (Å²) in [7, 11) is 0. The lowest BCUT2D eigenvalue weighted by atomic mass is 10.1. The molecular weight excluding hydrogens is 420 g/mol. The van der Waals surface area contributed by atoms with Gasteiger partial charge in [0.25, 0.3) is 11.8 Å². The van der Waals surface area contributed by atoms with Crippen LogP contribution in [0.15, 0.2) is 77.3 Å². The summed E-state index contributed by atoms with van der Waals surface area (Å²) in [6.45, 7) is 0. The summed E-state index contributed by atoms with van der Waals surface area (Å²) >= 11 is 3.35. The number of anilines is 2. The highest BCUT2D eigenvalue weighted by Gasteiger charge is 2.11. The molecule has 0 fully saturated rings. The van der Waals surface area contributed by atoms with E-state index in [1.165, 1.54) is 0 Å². The van der Waals surface area contributed by atoms with Crippen LogP contribution in [0.25, 0.3) is 11.0 Å². The first kappa shape index (κ1) is 17.9. The number of hydrogen-bond acceptors (Lipinski definition) is 3. The summed E-state index contributed by atoms with van der Waals surface area (Å²) in [5.74, 6) is -0.205. The van der Waals surface area contributed by atoms with E-state index in [1.54, 1.807) is 42.5 Å². The lowest BCUT2D eigenvalue weighted by Gasteiger charge is -2.08. The maximum Gasteiger partial charge on any atom is 0.258 e. The Morgan fingerprint density at radius 3 is 2.32 bits per heavy atom. The second-order valence-electron chi connectivity index (χ2n) is 6.10. The van der Waals surface area contributed by atoms with Crippen molar-refractivity contribution in [1.82, 2.24) is 9.97 Å². The van der Waals surface area contributed by atoms with Crippen LogP contribution in [0.3, 0.4) is 0 Å². The fourth-order valence-corrected chi connectivity index (χ4v) is 3.16. The van der Waals surface area contributed by atoms with E-state index in [-0.39, 0.29) is 11.8 Å². The molecule has 4 aromatic rings. The molecule has 0 atom stereocenters. The van der Waals surface area contributed by atoms with E-state index in [9.17, 15) is 9.59 Å². The maximum atomic E-state index is 12.6. The third-order valence-electron chi connectivity index (χ3n) is 4.09. The first-order chi connectivity index (χ1) is 13.6. The Bertz CT molecular complexity index is 1150. The lowest BCUT2D eigenvalue weighted by Crippen LogP contribution is -2.15. The Balaban J connectivity index is 1.49. The van der Waals surface area contributed by atoms with E-state index in [2.05, 4.69) is 36.5 Å². The number of imidazole rings is 1. The fraction of sp³-hybridized carbons (Fsp3) is 0. The van der Waals surface area contributed by atoms with Gasteiger partial charge in [-0.3, -0.25) is 14.9 Å². The topological polar surface area (TPSA) is 86.9 Å². The maximum absolute atomic E-state index is 12.6. The van der Waals surface area contributed by atoms with Crippen molar-refractivity contribution in [2.45, 2.75) is 0 Å². The molecule has 28 heavy (non-hydrogen) atoms. The molecule has 0 saturated heterocycles. The van der Waals surface area contributed by atoms with Crippen LogP contribution in [0, 0.1) is 0 Å². The number of aromatic amines is 1. The summed E-state index contributed by atoms with van der Waals surface area (Å²) in [5, 5.41) is 5.55. The first-order valence-electron chi connectivity index (χ1n) is 8.51. The minimum Gasteiger partial charge on any atom is -0.324 e. The average Bonchev–Trinajstić information content (AvgIpc) is 3.10. The summed E-state index contributed by atoms with van der Waals surface area (Å²) in [5.41, 5.74) is 3.07. The smallest absolute Gasteiger partial charge is 0.258 e. The zero-order valence-corrected chi connectivity index (χ0v) is 16.2. The van der Waals surface area contributed by atoms with Crippen molar-refractivity contribution < 1.29 is 9.59 Å². The summed E-state index contributed by atoms with van der Waals surface area (Å²) < 4.78 is 0.819. The summed E-state index contributed by atoms with van der Waals surface area (Å²) in [4.78, 5) is 32.3. The van der Waals surface area contributed by atoms with Crippen molar-refractivity contribution in [3.63, 3.8) is 0 Å². The quantitative estimate of drug-likeness (QED) is 0.429. The molecule has 0 bridgehead atoms. The number of benzene rings is 3. The van der Waals surface area contributed by atoms with Crippen molar-refractivity contribution in [3.05, 3.63) is 88.4 Å². The molecule has 138 valence electrons. The highest BCUT2D eigenvalue weighted by Crippen LogP contribution is 2.17. The molecule has 0 aliphatic rings. The Kier molecular flexibility index (Phi) is 4.90. The van der Waals surface area contributed by atoms with Crippen LogP contribution in [-0.4, -0.2) is 21.8 Å². The number of halogens is 1. The van der Waals surface area contributed by atoms with Gasteiger partial charge in [-0.2, -0.15) is 0 Å². The molecule has 6 nitrogen and oxygen atoms in total. The molecular formula is C21H15BrN4O2. The second-order valence-corrected chi connectivity index (χ2v) is 7.02. The van der Waals surface area contributed by atoms with Gasteiger partial charge in [-0.15, -0.1) is 0 Å². The number of carbonyl (C=O) groups is 2. The van der Waals surface area contributed by atoms with Gasteiger partial charge in [0.05, 0.1) is 11.0 Å². The number of aromatic nitrogens is 2. The number of rotatable bonds is 4. The van der Waals surface area contributed by atoms with Gasteiger partial charge in [0.1, 0.15) is 0 Å². The van der Waals surface area contributed by atoms with Crippen LogP contribution in [0.4, 0.5) is 11.6 Å². The number of H-pyrrole nitrogens is 1. The van der Waals surface area contributed by atoms with Crippen LogP contribution < -0.4 is 10.6 Å². The van der Waals surface area contributed by atoms with Gasteiger partial charge in [-0.05, 0) is 48.5 Å². The van der Waals surface area contributed by atoms with E-state index in [4.69, 9.17) is 0 Å². The van der Waals surface area contributed by atoms with E-state index in [0.29, 0.717) is 22.8 Å². The molecule has 4 rings (SSSR count). The predicted octanol–water partition coefficient (Wildman–Crippen LogP) is 4.83. The Labute approximate surface area is 169 Å². The molecule has 3 N–H and O–H groups in total. The Morgan fingerprint density at radius 1 is 0.821 bits per heavy atom. The molecule has 0 radical (unpaired) electrons. The SMILES string of the molecule is O=C(Nc1cccc(C(=O)Nc2nc3ccccc3[nH]2)c1)c1cccc(Br)c1. The van der Waals surface area contributed by atoms with Gasteiger partial charge in [0, 0.05) is 21.3 Å². The molecule has 0 unspecified atom stereocenters. The first-order valence-corrected chi connectivity index (χ1v) is 9.31. The number of nitrogens with zero attached hydrogens (tertiary/aromatic N) is 1. The van der Waals surface area contributed by atoms with E-state index in [0.717, 1.165) is 15.5 Å². The molecule has 0 aliphatic heterocycles. The molecule has 1 heterocycles. The third kappa shape index (κ3) is 3.94. The van der Waals surface area contributed by atoms with Gasteiger partial charge in [0.15, 0.2) is 0 Å². The van der Waals surface area contributed by atoms with E-state index in [1.807, 2.05) is 30.3 Å². The van der Waals surface area contributed by atoms with E-state index >= 15 is 0 Å². The van der Waals surface area contributed by atoms with Crippen LogP contribution in [0.1, 0.15) is 20.7 Å². The number of amides is 2. The zero-order valence-electron chi connectivity index (χ0n) is 14.6. The number of carbonyl (C=O) groups excluding carboxylic acids is 2. The van der Waals surface area contributed by atoms with Crippen molar-refractivity contribution >= 4 is 50.4 Å². The van der Waals surface area contributed by atoms with Gasteiger partial charge < -0.3 is 10.3 Å². The van der Waals surface area contributed by atoms with Crippen LogP contribution in [0.2, 0.25) is 0 Å². The molecule has 0 saturated carbocycles. The Morgan fingerprint density at radius 2 is 1.54 bits per heavy atom. The second kappa shape index (κ2) is 7.66. The van der Waals surface area contributed by atoms with Crippen molar-refractivity contribution in [1.29, 1.82) is 0 Å². The third-order valence-corrected chi connectivity index (χ3v) is 4.58. The lowest BCUT2D eigenvalue weighted by molar-refractivity contribution is 0.101. The van der Waals surface area contributed by atoms with Crippen LogP contribution >= 0.6 is 15.9 Å². The number of para-hydroxylation sites is 2. The molecule has 7 heteroatoms. The molecule has 0 spiro atoms. The fourth-order valence-electron chi connectivity index (χ4n) is 2.76. The van der Waals surface area contributed by atoms with Crippen LogP contribution in [-0.2, 0) is 0 Å². The number of fused-ring (bicyclic) bond motifs is 1. The minimum absolute atomic E-state index is 0.254. The van der Waals surface area contributed by atoms with Crippen molar-refractivity contribution in [3.8, 4) is 0 Å². The normalized spacial score (nSPS) is 10.6. The predicted molar refractivity (Wildman–Crippen MR) is 113 cm³/mol.